The highest BCUT2D eigenvalue weighted by atomic mass is 35.5. The molecule has 0 aromatic carbocycles. The highest BCUT2D eigenvalue weighted by Gasteiger charge is 2.28. The van der Waals surface area contributed by atoms with Crippen LogP contribution in [0.4, 0.5) is 0 Å². The molecule has 0 amide bonds. The Kier molecular flexibility index (Phi) is 22.8. The van der Waals surface area contributed by atoms with Crippen LogP contribution < -0.4 is 12.4 Å². The number of nitrogens with zero attached hydrogens (tertiary/aromatic N) is 1. The van der Waals surface area contributed by atoms with Crippen LogP contribution in [-0.4, -0.2) is 36.0 Å². The van der Waals surface area contributed by atoms with Crippen molar-refractivity contribution in [1.82, 2.24) is 0 Å². The number of quaternary nitrogens is 1. The van der Waals surface area contributed by atoms with Gasteiger partial charge < -0.3 is 22.0 Å². The number of halogens is 1. The van der Waals surface area contributed by atoms with Gasteiger partial charge in [-0.05, 0) is 25.7 Å². The SMILES string of the molecule is CCCCCCCCCC[N+](C)(CCCCCCCCCC)C(O)CC.[Cl-]. The molecule has 1 N–H and O–H groups in total. The number of unbranched alkanes of at least 4 members (excludes halogenated alkanes) is 14. The van der Waals surface area contributed by atoms with E-state index >= 15 is 0 Å². The zero-order valence-corrected chi connectivity index (χ0v) is 20.0. The first-order valence-electron chi connectivity index (χ1n) is 12.1. The third-order valence-electron chi connectivity index (χ3n) is 6.13. The molecule has 0 heterocycles. The summed E-state index contributed by atoms with van der Waals surface area (Å²) in [5.74, 6) is 0. The first-order valence-corrected chi connectivity index (χ1v) is 12.1. The second kappa shape index (κ2) is 20.9. The highest BCUT2D eigenvalue weighted by molar-refractivity contribution is 4.51. The molecular weight excluding hydrogens is 354 g/mol. The Hall–Kier alpha value is 0.210. The van der Waals surface area contributed by atoms with E-state index in [2.05, 4.69) is 27.8 Å². The molecule has 0 aliphatic rings. The summed E-state index contributed by atoms with van der Waals surface area (Å²) in [7, 11) is 2.29. The van der Waals surface area contributed by atoms with E-state index in [1.54, 1.807) is 0 Å². The summed E-state index contributed by atoms with van der Waals surface area (Å²) in [4.78, 5) is 0. The molecule has 2 nitrogen and oxygen atoms in total. The molecule has 0 saturated carbocycles. The maximum Gasteiger partial charge on any atom is 0.190 e. The van der Waals surface area contributed by atoms with Crippen molar-refractivity contribution >= 4 is 0 Å². The van der Waals surface area contributed by atoms with E-state index in [0.29, 0.717) is 0 Å². The van der Waals surface area contributed by atoms with Gasteiger partial charge in [-0.25, -0.2) is 0 Å². The number of aliphatic hydroxyl groups excluding tert-OH is 1. The fourth-order valence-corrected chi connectivity index (χ4v) is 4.06. The minimum Gasteiger partial charge on any atom is -1.00 e. The van der Waals surface area contributed by atoms with E-state index in [4.69, 9.17) is 0 Å². The molecule has 0 spiro atoms. The van der Waals surface area contributed by atoms with Crippen LogP contribution in [0.15, 0.2) is 0 Å². The molecule has 0 aromatic rings. The molecule has 0 aliphatic carbocycles. The van der Waals surface area contributed by atoms with Crippen LogP contribution in [-0.2, 0) is 0 Å². The van der Waals surface area contributed by atoms with Gasteiger partial charge in [-0.1, -0.05) is 97.8 Å². The van der Waals surface area contributed by atoms with E-state index in [1.807, 2.05) is 0 Å². The fourth-order valence-electron chi connectivity index (χ4n) is 4.06. The second-order valence-corrected chi connectivity index (χ2v) is 8.77. The maximum absolute atomic E-state index is 10.5. The third-order valence-corrected chi connectivity index (χ3v) is 6.13. The molecule has 0 fully saturated rings. The van der Waals surface area contributed by atoms with Gasteiger partial charge in [0.1, 0.15) is 0 Å². The minimum atomic E-state index is -0.177. The summed E-state index contributed by atoms with van der Waals surface area (Å²) in [6.07, 6.45) is 22.6. The van der Waals surface area contributed by atoms with E-state index in [0.717, 1.165) is 24.0 Å². The van der Waals surface area contributed by atoms with Crippen molar-refractivity contribution in [3.05, 3.63) is 0 Å². The van der Waals surface area contributed by atoms with Crippen molar-refractivity contribution in [2.24, 2.45) is 0 Å². The van der Waals surface area contributed by atoms with Gasteiger partial charge in [0.05, 0.1) is 20.1 Å². The smallest absolute Gasteiger partial charge is 0.190 e. The lowest BCUT2D eigenvalue weighted by Crippen LogP contribution is -3.00. The Morgan fingerprint density at radius 1 is 0.556 bits per heavy atom. The average Bonchev–Trinajstić information content (AvgIpc) is 2.65. The number of hydrogen-bond acceptors (Lipinski definition) is 1. The Labute approximate surface area is 178 Å². The van der Waals surface area contributed by atoms with Crippen LogP contribution in [0.25, 0.3) is 0 Å². The molecule has 0 aliphatic heterocycles. The van der Waals surface area contributed by atoms with Gasteiger partial charge in [-0.15, -0.1) is 0 Å². The summed E-state index contributed by atoms with van der Waals surface area (Å²) in [6.45, 7) is 9.00. The van der Waals surface area contributed by atoms with Crippen molar-refractivity contribution in [2.75, 3.05) is 20.1 Å². The van der Waals surface area contributed by atoms with Crippen LogP contribution in [0.5, 0.6) is 0 Å². The van der Waals surface area contributed by atoms with E-state index in [-0.39, 0.29) is 18.6 Å². The van der Waals surface area contributed by atoms with E-state index < -0.39 is 0 Å². The van der Waals surface area contributed by atoms with E-state index in [1.165, 1.54) is 103 Å². The maximum atomic E-state index is 10.5. The van der Waals surface area contributed by atoms with Gasteiger partial charge in [0.15, 0.2) is 6.23 Å². The van der Waals surface area contributed by atoms with E-state index in [9.17, 15) is 5.11 Å². The Morgan fingerprint density at radius 3 is 1.15 bits per heavy atom. The first kappa shape index (κ1) is 29.4. The molecule has 27 heavy (non-hydrogen) atoms. The third kappa shape index (κ3) is 16.8. The zero-order valence-electron chi connectivity index (χ0n) is 19.3. The molecule has 166 valence electrons. The van der Waals surface area contributed by atoms with Gasteiger partial charge in [-0.2, -0.15) is 0 Å². The first-order chi connectivity index (χ1) is 12.6. The molecule has 0 aromatic heterocycles. The van der Waals surface area contributed by atoms with Gasteiger partial charge >= 0.3 is 0 Å². The monoisotopic (exact) mass is 405 g/mol. The second-order valence-electron chi connectivity index (χ2n) is 8.77. The lowest BCUT2D eigenvalue weighted by Gasteiger charge is -2.38. The van der Waals surface area contributed by atoms with Gasteiger partial charge in [0.25, 0.3) is 0 Å². The summed E-state index contributed by atoms with van der Waals surface area (Å²) in [5.41, 5.74) is 0. The predicted molar refractivity (Wildman–Crippen MR) is 117 cm³/mol. The zero-order chi connectivity index (χ0) is 19.5. The Morgan fingerprint density at radius 2 is 0.852 bits per heavy atom. The minimum absolute atomic E-state index is 0. The number of hydrogen-bond donors (Lipinski definition) is 1. The molecule has 0 rings (SSSR count). The van der Waals surface area contributed by atoms with Crippen molar-refractivity contribution < 1.29 is 22.0 Å². The normalized spacial score (nSPS) is 12.8. The van der Waals surface area contributed by atoms with Gasteiger partial charge in [0.2, 0.25) is 0 Å². The van der Waals surface area contributed by atoms with Crippen molar-refractivity contribution in [2.45, 2.75) is 136 Å². The summed E-state index contributed by atoms with van der Waals surface area (Å²) in [5, 5.41) is 10.5. The standard InChI is InChI=1S/C24H52NO.ClH/c1-5-8-10-12-14-16-18-20-22-25(4,24(26)7-3)23-21-19-17-15-13-11-9-6-2;/h24,26H,5-23H2,1-4H3;1H/q+1;/p-1. The molecule has 0 saturated heterocycles. The van der Waals surface area contributed by atoms with Crippen molar-refractivity contribution in [1.29, 1.82) is 0 Å². The Bertz CT molecular complexity index is 266. The quantitative estimate of drug-likeness (QED) is 0.180. The number of aliphatic hydroxyl groups is 1. The van der Waals surface area contributed by atoms with Crippen LogP contribution in [0, 0.1) is 0 Å². The number of rotatable bonds is 20. The van der Waals surface area contributed by atoms with Crippen LogP contribution in [0.2, 0.25) is 0 Å². The lowest BCUT2D eigenvalue weighted by atomic mass is 10.1. The molecule has 0 bridgehead atoms. The molecule has 3 heteroatoms. The lowest BCUT2D eigenvalue weighted by molar-refractivity contribution is -0.954. The molecule has 1 atom stereocenters. The predicted octanol–water partition coefficient (Wildman–Crippen LogP) is 4.45. The van der Waals surface area contributed by atoms with Crippen LogP contribution >= 0.6 is 0 Å². The summed E-state index contributed by atoms with van der Waals surface area (Å²) in [6, 6.07) is 0. The van der Waals surface area contributed by atoms with Crippen LogP contribution in [0.3, 0.4) is 0 Å². The molecule has 0 radical (unpaired) electrons. The topological polar surface area (TPSA) is 20.2 Å². The molecular formula is C24H52ClNO. The van der Waals surface area contributed by atoms with Gasteiger partial charge in [-0.3, -0.25) is 0 Å². The van der Waals surface area contributed by atoms with Crippen molar-refractivity contribution in [3.8, 4) is 0 Å². The summed E-state index contributed by atoms with van der Waals surface area (Å²) < 4.78 is 0.877. The highest BCUT2D eigenvalue weighted by Crippen LogP contribution is 2.18. The average molecular weight is 406 g/mol. The summed E-state index contributed by atoms with van der Waals surface area (Å²) >= 11 is 0. The Balaban J connectivity index is 0. The van der Waals surface area contributed by atoms with Crippen LogP contribution in [0.1, 0.15) is 130 Å². The largest absolute Gasteiger partial charge is 1.00 e. The molecule has 1 unspecified atom stereocenters. The fraction of sp³-hybridized carbons (Fsp3) is 1.00. The van der Waals surface area contributed by atoms with Gasteiger partial charge in [0, 0.05) is 6.42 Å². The van der Waals surface area contributed by atoms with Crippen molar-refractivity contribution in [3.63, 3.8) is 0 Å².